The zero-order valence-corrected chi connectivity index (χ0v) is 6.19. The van der Waals surface area contributed by atoms with Crippen molar-refractivity contribution in [3.8, 4) is 0 Å². The van der Waals surface area contributed by atoms with Crippen LogP contribution in [-0.2, 0) is 4.79 Å². The second-order valence-electron chi connectivity index (χ2n) is 2.05. The van der Waals surface area contributed by atoms with Gasteiger partial charge in [0, 0.05) is 7.05 Å². The second-order valence-corrected chi connectivity index (χ2v) is 2.05. The Morgan fingerprint density at radius 2 is 2.00 bits per heavy atom. The lowest BCUT2D eigenvalue weighted by Crippen LogP contribution is -2.06. The minimum Gasteiger partial charge on any atom is -0.258 e. The molecule has 0 aliphatic rings. The molecule has 0 aliphatic carbocycles. The lowest BCUT2D eigenvalue weighted by Gasteiger charge is -2.08. The molecule has 0 saturated heterocycles. The maximum Gasteiger partial charge on any atom is 0.258 e. The first-order valence-corrected chi connectivity index (χ1v) is 3.21. The molecule has 1 aromatic rings. The summed E-state index contributed by atoms with van der Waals surface area (Å²) in [6.07, 6.45) is 1.47. The van der Waals surface area contributed by atoms with E-state index in [9.17, 15) is 4.79 Å². The van der Waals surface area contributed by atoms with E-state index in [2.05, 4.69) is 5.10 Å². The molecule has 3 heteroatoms. The number of hydrogen-bond donors (Lipinski definition) is 0. The monoisotopic (exact) mass is 148 g/mol. The van der Waals surface area contributed by atoms with Gasteiger partial charge in [-0.1, -0.05) is 23.3 Å². The highest BCUT2D eigenvalue weighted by Gasteiger charge is 1.93. The van der Waals surface area contributed by atoms with Crippen LogP contribution < -0.4 is 5.01 Å². The summed E-state index contributed by atoms with van der Waals surface area (Å²) in [6.45, 7) is 0. The Hall–Kier alpha value is -1.60. The average Bonchev–Trinajstić information content (AvgIpc) is 2.07. The Labute approximate surface area is 64.9 Å². The minimum absolute atomic E-state index is 0.871. The first kappa shape index (κ1) is 7.51. The molecule has 0 heterocycles. The number of rotatable bonds is 2. The molecule has 1 rings (SSSR count). The van der Waals surface area contributed by atoms with Crippen LogP contribution in [0.4, 0.5) is 5.69 Å². The fraction of sp³-hybridized carbons (Fsp3) is 0.125. The highest BCUT2D eigenvalue weighted by atomic mass is 16.1. The van der Waals surface area contributed by atoms with Gasteiger partial charge in [0.25, 0.3) is 6.08 Å². The Balaban J connectivity index is 2.84. The molecule has 56 valence electrons. The fourth-order valence-electron chi connectivity index (χ4n) is 0.763. The van der Waals surface area contributed by atoms with E-state index in [1.165, 1.54) is 11.1 Å². The number of nitrogens with zero attached hydrogens (tertiary/aromatic N) is 2. The molecular weight excluding hydrogens is 140 g/mol. The Kier molecular flexibility index (Phi) is 2.42. The summed E-state index contributed by atoms with van der Waals surface area (Å²) in [6, 6.07) is 9.39. The van der Waals surface area contributed by atoms with Crippen LogP contribution in [0.2, 0.25) is 0 Å². The molecule has 0 fully saturated rings. The third kappa shape index (κ3) is 1.92. The smallest absolute Gasteiger partial charge is 0.258 e. The molecule has 1 aromatic carbocycles. The number of carbonyl (C=O) groups excluding carboxylic acids is 1. The van der Waals surface area contributed by atoms with Gasteiger partial charge in [-0.05, 0) is 12.1 Å². The van der Waals surface area contributed by atoms with Crippen LogP contribution in [0.5, 0.6) is 0 Å². The molecule has 0 saturated carbocycles. The summed E-state index contributed by atoms with van der Waals surface area (Å²) in [5.74, 6) is 0. The highest BCUT2D eigenvalue weighted by molar-refractivity contribution is 5.47. The van der Waals surface area contributed by atoms with E-state index in [-0.39, 0.29) is 0 Å². The van der Waals surface area contributed by atoms with Crippen molar-refractivity contribution in [1.82, 2.24) is 0 Å². The van der Waals surface area contributed by atoms with E-state index in [1.54, 1.807) is 7.05 Å². The number of benzene rings is 1. The summed E-state index contributed by atoms with van der Waals surface area (Å²) < 4.78 is 0. The Morgan fingerprint density at radius 1 is 1.36 bits per heavy atom. The first-order chi connectivity index (χ1) is 5.34. The van der Waals surface area contributed by atoms with Crippen molar-refractivity contribution in [3.05, 3.63) is 30.3 Å². The first-order valence-electron chi connectivity index (χ1n) is 3.21. The molecule has 3 nitrogen and oxygen atoms in total. The highest BCUT2D eigenvalue weighted by Crippen LogP contribution is 2.09. The van der Waals surface area contributed by atoms with Crippen LogP contribution in [0.25, 0.3) is 0 Å². The predicted molar refractivity (Wildman–Crippen MR) is 43.0 cm³/mol. The van der Waals surface area contributed by atoms with E-state index in [1.807, 2.05) is 30.3 Å². The van der Waals surface area contributed by atoms with Gasteiger partial charge in [0.1, 0.15) is 0 Å². The van der Waals surface area contributed by atoms with Crippen molar-refractivity contribution in [2.45, 2.75) is 0 Å². The van der Waals surface area contributed by atoms with Crippen molar-refractivity contribution >= 4 is 11.8 Å². The van der Waals surface area contributed by atoms with Crippen LogP contribution in [0, 0.1) is 0 Å². The maximum atomic E-state index is 9.86. The Bertz CT molecular complexity index is 265. The maximum absolute atomic E-state index is 9.86. The van der Waals surface area contributed by atoms with Gasteiger partial charge in [-0.25, -0.2) is 4.79 Å². The number of hydrogen-bond acceptors (Lipinski definition) is 3. The van der Waals surface area contributed by atoms with Gasteiger partial charge in [-0.15, -0.1) is 0 Å². The summed E-state index contributed by atoms with van der Waals surface area (Å²) in [7, 11) is 1.69. The van der Waals surface area contributed by atoms with Crippen LogP contribution in [0.1, 0.15) is 0 Å². The topological polar surface area (TPSA) is 32.7 Å². The van der Waals surface area contributed by atoms with E-state index < -0.39 is 0 Å². The van der Waals surface area contributed by atoms with Gasteiger partial charge < -0.3 is 0 Å². The zero-order valence-electron chi connectivity index (χ0n) is 6.19. The standard InChI is InChI=1S/C8H8N2O/c1-10(9-7-11)8-5-3-2-4-6-8/h2-6H,1H3. The average molecular weight is 148 g/mol. The summed E-state index contributed by atoms with van der Waals surface area (Å²) in [4.78, 5) is 9.86. The molecule has 0 unspecified atom stereocenters. The van der Waals surface area contributed by atoms with E-state index >= 15 is 0 Å². The number of isocyanates is 1. The van der Waals surface area contributed by atoms with Crippen LogP contribution in [-0.4, -0.2) is 13.1 Å². The zero-order chi connectivity index (χ0) is 8.10. The third-order valence-electron chi connectivity index (χ3n) is 1.32. The summed E-state index contributed by atoms with van der Waals surface area (Å²) >= 11 is 0. The van der Waals surface area contributed by atoms with E-state index in [0.717, 1.165) is 5.69 Å². The molecule has 0 amide bonds. The third-order valence-corrected chi connectivity index (χ3v) is 1.32. The summed E-state index contributed by atoms with van der Waals surface area (Å²) in [5.41, 5.74) is 0.871. The van der Waals surface area contributed by atoms with Crippen molar-refractivity contribution in [2.24, 2.45) is 5.10 Å². The van der Waals surface area contributed by atoms with Crippen LogP contribution in [0.3, 0.4) is 0 Å². The molecule has 0 aromatic heterocycles. The number of hydrazone groups is 1. The second kappa shape index (κ2) is 3.54. The van der Waals surface area contributed by atoms with Gasteiger partial charge in [0.2, 0.25) is 0 Å². The lowest BCUT2D eigenvalue weighted by atomic mass is 10.3. The molecule has 0 bridgehead atoms. The van der Waals surface area contributed by atoms with E-state index in [0.29, 0.717) is 0 Å². The molecule has 0 radical (unpaired) electrons. The van der Waals surface area contributed by atoms with Crippen molar-refractivity contribution in [1.29, 1.82) is 0 Å². The van der Waals surface area contributed by atoms with Gasteiger partial charge in [-0.2, -0.15) is 0 Å². The van der Waals surface area contributed by atoms with Crippen molar-refractivity contribution < 1.29 is 4.79 Å². The van der Waals surface area contributed by atoms with Gasteiger partial charge >= 0.3 is 0 Å². The van der Waals surface area contributed by atoms with Gasteiger partial charge in [0.05, 0.1) is 5.69 Å². The largest absolute Gasteiger partial charge is 0.258 e. The number of anilines is 1. The Morgan fingerprint density at radius 3 is 2.55 bits per heavy atom. The molecule has 0 atom stereocenters. The van der Waals surface area contributed by atoms with Crippen LogP contribution >= 0.6 is 0 Å². The molecule has 0 N–H and O–H groups in total. The molecule has 11 heavy (non-hydrogen) atoms. The molecule has 0 spiro atoms. The molecular formula is C8H8N2O. The van der Waals surface area contributed by atoms with Crippen molar-refractivity contribution in [2.75, 3.05) is 12.1 Å². The number of para-hydroxylation sites is 1. The van der Waals surface area contributed by atoms with Crippen LogP contribution in [0.15, 0.2) is 35.4 Å². The minimum atomic E-state index is 0.871. The van der Waals surface area contributed by atoms with Gasteiger partial charge in [0.15, 0.2) is 0 Å². The van der Waals surface area contributed by atoms with Crippen molar-refractivity contribution in [3.63, 3.8) is 0 Å². The van der Waals surface area contributed by atoms with Gasteiger partial charge in [-0.3, -0.25) is 5.01 Å². The summed E-state index contributed by atoms with van der Waals surface area (Å²) in [5, 5.41) is 4.89. The SMILES string of the molecule is CN(N=C=O)c1ccccc1. The normalized spacial score (nSPS) is 8.45. The predicted octanol–water partition coefficient (Wildman–Crippen LogP) is 1.37. The fourth-order valence-corrected chi connectivity index (χ4v) is 0.763. The van der Waals surface area contributed by atoms with E-state index in [4.69, 9.17) is 0 Å². The quantitative estimate of drug-likeness (QED) is 0.360. The molecule has 0 aliphatic heterocycles. The lowest BCUT2D eigenvalue weighted by molar-refractivity contribution is 0.562.